The van der Waals surface area contributed by atoms with Gasteiger partial charge in [0.1, 0.15) is 5.82 Å². The highest BCUT2D eigenvalue weighted by atomic mass is 32.2. The Labute approximate surface area is 203 Å². The van der Waals surface area contributed by atoms with Gasteiger partial charge in [0.05, 0.1) is 18.0 Å². The molecule has 11 heteroatoms. The van der Waals surface area contributed by atoms with Crippen LogP contribution in [0.4, 0.5) is 11.5 Å². The van der Waals surface area contributed by atoms with Crippen LogP contribution in [0.1, 0.15) is 25.3 Å². The van der Waals surface area contributed by atoms with E-state index in [1.54, 1.807) is 42.5 Å². The smallest absolute Gasteiger partial charge is 0.330 e. The maximum atomic E-state index is 13.5. The highest BCUT2D eigenvalue weighted by molar-refractivity contribution is 7.89. The van der Waals surface area contributed by atoms with E-state index in [0.717, 1.165) is 15.6 Å². The molecule has 0 radical (unpaired) electrons. The lowest BCUT2D eigenvalue weighted by Crippen LogP contribution is -2.45. The van der Waals surface area contributed by atoms with E-state index in [4.69, 9.17) is 5.73 Å². The Morgan fingerprint density at radius 2 is 1.63 bits per heavy atom. The number of nitrogens with one attached hydrogen (secondary N) is 1. The summed E-state index contributed by atoms with van der Waals surface area (Å²) in [5, 5.41) is 0. The molecule has 35 heavy (non-hydrogen) atoms. The Morgan fingerprint density at radius 1 is 1.03 bits per heavy atom. The van der Waals surface area contributed by atoms with Gasteiger partial charge in [-0.15, -0.1) is 0 Å². The van der Waals surface area contributed by atoms with Crippen LogP contribution in [0.5, 0.6) is 0 Å². The quantitative estimate of drug-likeness (QED) is 0.436. The molecule has 0 fully saturated rings. The lowest BCUT2D eigenvalue weighted by atomic mass is 10.2. The maximum Gasteiger partial charge on any atom is 0.330 e. The van der Waals surface area contributed by atoms with Crippen LogP contribution in [0.15, 0.2) is 75.1 Å². The summed E-state index contributed by atoms with van der Waals surface area (Å²) < 4.78 is 28.0. The van der Waals surface area contributed by atoms with Crippen molar-refractivity contribution in [2.24, 2.45) is 0 Å². The van der Waals surface area contributed by atoms with Crippen LogP contribution in [-0.4, -0.2) is 41.8 Å². The van der Waals surface area contributed by atoms with E-state index >= 15 is 0 Å². The Morgan fingerprint density at radius 3 is 2.23 bits per heavy atom. The number of aromatic nitrogens is 2. The third kappa shape index (κ3) is 5.87. The Hall–Kier alpha value is -3.70. The normalized spacial score (nSPS) is 11.5. The summed E-state index contributed by atoms with van der Waals surface area (Å²) in [5.74, 6) is -0.821. The molecule has 1 aromatic heterocycles. The molecule has 186 valence electrons. The molecular weight excluding hydrogens is 470 g/mol. The number of rotatable bonds is 10. The van der Waals surface area contributed by atoms with E-state index in [1.807, 2.05) is 13.0 Å². The van der Waals surface area contributed by atoms with Crippen LogP contribution in [0.3, 0.4) is 0 Å². The second-order valence-corrected chi connectivity index (χ2v) is 10.1. The van der Waals surface area contributed by atoms with Gasteiger partial charge < -0.3 is 5.73 Å². The lowest BCUT2D eigenvalue weighted by Gasteiger charge is -2.26. The van der Waals surface area contributed by atoms with Gasteiger partial charge in [0.15, 0.2) is 5.69 Å². The first-order valence-corrected chi connectivity index (χ1v) is 12.6. The zero-order valence-corrected chi connectivity index (χ0v) is 20.5. The number of carbonyl (C=O) groups is 1. The molecule has 0 bridgehead atoms. The molecule has 0 saturated heterocycles. The summed E-state index contributed by atoms with van der Waals surface area (Å²) in [4.78, 5) is 42.1. The number of unbranched alkanes of at least 4 members (excludes halogenated alkanes) is 1. The molecule has 10 nitrogen and oxygen atoms in total. The SMILES string of the molecule is CCCCn1c(N)c(N(Cc2ccccc2)C(=O)CN(C)S(=O)(=O)c2ccccc2)c(=O)[nH]c1=O. The highest BCUT2D eigenvalue weighted by Gasteiger charge is 2.29. The number of likely N-dealkylation sites (N-methyl/N-ethyl adjacent to an activating group) is 1. The lowest BCUT2D eigenvalue weighted by molar-refractivity contribution is -0.118. The largest absolute Gasteiger partial charge is 0.383 e. The topological polar surface area (TPSA) is 139 Å². The fourth-order valence-electron chi connectivity index (χ4n) is 3.57. The van der Waals surface area contributed by atoms with Crippen molar-refractivity contribution in [2.45, 2.75) is 37.8 Å². The summed E-state index contributed by atoms with van der Waals surface area (Å²) in [6.07, 6.45) is 1.43. The summed E-state index contributed by atoms with van der Waals surface area (Å²) in [6.45, 7) is 1.62. The van der Waals surface area contributed by atoms with E-state index < -0.39 is 33.7 Å². The second-order valence-electron chi connectivity index (χ2n) is 8.04. The van der Waals surface area contributed by atoms with Crippen molar-refractivity contribution in [1.82, 2.24) is 13.9 Å². The van der Waals surface area contributed by atoms with Crippen molar-refractivity contribution in [3.8, 4) is 0 Å². The van der Waals surface area contributed by atoms with Crippen LogP contribution >= 0.6 is 0 Å². The summed E-state index contributed by atoms with van der Waals surface area (Å²) in [6, 6.07) is 16.6. The minimum absolute atomic E-state index is 0.0374. The van der Waals surface area contributed by atoms with Crippen molar-refractivity contribution >= 4 is 27.4 Å². The molecule has 0 aliphatic carbocycles. The molecule has 1 amide bonds. The molecule has 3 aromatic rings. The molecule has 0 unspecified atom stereocenters. The highest BCUT2D eigenvalue weighted by Crippen LogP contribution is 2.21. The number of hydrogen-bond donors (Lipinski definition) is 2. The number of nitrogens with two attached hydrogens (primary N) is 1. The zero-order chi connectivity index (χ0) is 25.6. The van der Waals surface area contributed by atoms with Crippen molar-refractivity contribution in [3.63, 3.8) is 0 Å². The van der Waals surface area contributed by atoms with E-state index in [9.17, 15) is 22.8 Å². The number of benzene rings is 2. The summed E-state index contributed by atoms with van der Waals surface area (Å²) >= 11 is 0. The molecule has 3 rings (SSSR count). The molecule has 3 N–H and O–H groups in total. The fraction of sp³-hybridized carbons (Fsp3) is 0.292. The van der Waals surface area contributed by atoms with Gasteiger partial charge in [-0.05, 0) is 24.1 Å². The molecular formula is C24H29N5O5S. The molecule has 0 spiro atoms. The minimum atomic E-state index is -3.96. The van der Waals surface area contributed by atoms with Crippen LogP contribution < -0.4 is 21.9 Å². The van der Waals surface area contributed by atoms with Crippen molar-refractivity contribution in [3.05, 3.63) is 87.1 Å². The number of amides is 1. The van der Waals surface area contributed by atoms with Crippen LogP contribution in [0.2, 0.25) is 0 Å². The van der Waals surface area contributed by atoms with Crippen LogP contribution in [0, 0.1) is 0 Å². The number of nitrogen functional groups attached to an aromatic ring is 1. The molecule has 0 atom stereocenters. The van der Waals surface area contributed by atoms with E-state index in [0.29, 0.717) is 12.0 Å². The Kier molecular flexibility index (Phi) is 8.26. The van der Waals surface area contributed by atoms with Gasteiger partial charge in [-0.25, -0.2) is 13.2 Å². The molecule has 0 saturated carbocycles. The summed E-state index contributed by atoms with van der Waals surface area (Å²) in [5.41, 5.74) is 5.26. The third-order valence-electron chi connectivity index (χ3n) is 5.51. The maximum absolute atomic E-state index is 13.5. The Balaban J connectivity index is 2.03. The second kappa shape index (κ2) is 11.2. The van der Waals surface area contributed by atoms with Crippen LogP contribution in [-0.2, 0) is 27.9 Å². The van der Waals surface area contributed by atoms with E-state index in [-0.39, 0.29) is 29.5 Å². The van der Waals surface area contributed by atoms with Gasteiger partial charge in [-0.1, -0.05) is 61.9 Å². The number of hydrogen-bond acceptors (Lipinski definition) is 6. The van der Waals surface area contributed by atoms with E-state index in [2.05, 4.69) is 4.98 Å². The number of aromatic amines is 1. The minimum Gasteiger partial charge on any atom is -0.383 e. The van der Waals surface area contributed by atoms with Gasteiger partial charge in [0.2, 0.25) is 15.9 Å². The van der Waals surface area contributed by atoms with Crippen molar-refractivity contribution in [1.29, 1.82) is 0 Å². The van der Waals surface area contributed by atoms with Crippen molar-refractivity contribution < 1.29 is 13.2 Å². The summed E-state index contributed by atoms with van der Waals surface area (Å²) in [7, 11) is -2.67. The van der Waals surface area contributed by atoms with Crippen molar-refractivity contribution in [2.75, 3.05) is 24.2 Å². The number of carbonyl (C=O) groups excluding carboxylic acids is 1. The Bertz CT molecular complexity index is 1390. The third-order valence-corrected chi connectivity index (χ3v) is 7.33. The predicted octanol–water partition coefficient (Wildman–Crippen LogP) is 1.77. The van der Waals surface area contributed by atoms with Gasteiger partial charge in [0.25, 0.3) is 5.56 Å². The fourth-order valence-corrected chi connectivity index (χ4v) is 4.71. The average molecular weight is 500 g/mol. The molecule has 0 aliphatic heterocycles. The van der Waals surface area contributed by atoms with E-state index in [1.165, 1.54) is 23.7 Å². The molecule has 1 heterocycles. The van der Waals surface area contributed by atoms with Gasteiger partial charge in [-0.3, -0.25) is 24.0 Å². The molecule has 2 aromatic carbocycles. The number of sulfonamides is 1. The first kappa shape index (κ1) is 25.9. The molecule has 0 aliphatic rings. The first-order valence-electron chi connectivity index (χ1n) is 11.1. The van der Waals surface area contributed by atoms with Crippen LogP contribution in [0.25, 0.3) is 0 Å². The number of nitrogens with zero attached hydrogens (tertiary/aromatic N) is 3. The zero-order valence-electron chi connectivity index (χ0n) is 19.7. The standard InChI is InChI=1S/C24H29N5O5S/c1-3-4-15-28-22(25)21(23(31)26-24(28)32)29(16-18-11-7-5-8-12-18)20(30)17-27(2)35(33,34)19-13-9-6-10-14-19/h5-14H,3-4,15-17,25H2,1-2H3,(H,26,31,32). The number of anilines is 2. The number of H-pyrrole nitrogens is 1. The van der Waals surface area contributed by atoms with Gasteiger partial charge in [0, 0.05) is 13.6 Å². The predicted molar refractivity (Wildman–Crippen MR) is 135 cm³/mol. The van der Waals surface area contributed by atoms with Gasteiger partial charge >= 0.3 is 5.69 Å². The first-order chi connectivity index (χ1) is 16.7. The van der Waals surface area contributed by atoms with Gasteiger partial charge in [-0.2, -0.15) is 4.31 Å². The average Bonchev–Trinajstić information content (AvgIpc) is 2.84. The monoisotopic (exact) mass is 499 g/mol.